The van der Waals surface area contributed by atoms with Crippen LogP contribution in [0.5, 0.6) is 0 Å². The van der Waals surface area contributed by atoms with Crippen molar-refractivity contribution < 1.29 is 0 Å². The van der Waals surface area contributed by atoms with Gasteiger partial charge in [0.25, 0.3) is 0 Å². The van der Waals surface area contributed by atoms with E-state index in [4.69, 9.17) is 0 Å². The normalized spacial score (nSPS) is 11.2. The minimum Gasteiger partial charge on any atom is -0.372 e. The Morgan fingerprint density at radius 3 is 1.42 bits per heavy atom. The molecule has 0 radical (unpaired) electrons. The van der Waals surface area contributed by atoms with E-state index in [0.717, 1.165) is 26.2 Å². The molecule has 2 heteroatoms. The molecular weight excluding hydrogens is 376 g/mol. The first-order valence-corrected chi connectivity index (χ1v) is 12.7. The number of unbranched alkanes of at least 4 members (excludes halogenated alkanes) is 3. The Morgan fingerprint density at radius 2 is 1.06 bits per heavy atom. The van der Waals surface area contributed by atoms with Gasteiger partial charge < -0.3 is 9.80 Å². The molecule has 0 aromatic heterocycles. The quantitative estimate of drug-likeness (QED) is 0.301. The van der Waals surface area contributed by atoms with Gasteiger partial charge in [-0.05, 0) is 94.5 Å². The van der Waals surface area contributed by atoms with Crippen molar-refractivity contribution in [1.29, 1.82) is 0 Å². The molecule has 31 heavy (non-hydrogen) atoms. The summed E-state index contributed by atoms with van der Waals surface area (Å²) < 4.78 is 0. The fourth-order valence-electron chi connectivity index (χ4n) is 4.93. The van der Waals surface area contributed by atoms with E-state index in [2.05, 4.69) is 94.7 Å². The molecule has 0 fully saturated rings. The van der Waals surface area contributed by atoms with Crippen LogP contribution in [0, 0.1) is 13.8 Å². The summed E-state index contributed by atoms with van der Waals surface area (Å²) in [7, 11) is 0. The van der Waals surface area contributed by atoms with E-state index in [1.165, 1.54) is 65.7 Å². The Kier molecular flexibility index (Phi) is 10.4. The maximum Gasteiger partial charge on any atom is 0.0368 e. The Balaban J connectivity index is 2.41. The summed E-state index contributed by atoms with van der Waals surface area (Å²) in [5, 5.41) is 0. The molecule has 0 N–H and O–H groups in total. The third-order valence-electron chi connectivity index (χ3n) is 6.86. The van der Waals surface area contributed by atoms with E-state index < -0.39 is 0 Å². The lowest BCUT2D eigenvalue weighted by Crippen LogP contribution is -2.22. The number of rotatable bonds is 13. The molecule has 0 bridgehead atoms. The number of aryl methyl sites for hydroxylation is 2. The number of nitrogens with zero attached hydrogens (tertiary/aromatic N) is 2. The van der Waals surface area contributed by atoms with E-state index in [1.807, 2.05) is 0 Å². The van der Waals surface area contributed by atoms with Gasteiger partial charge in [-0.15, -0.1) is 0 Å². The van der Waals surface area contributed by atoms with Crippen molar-refractivity contribution >= 4 is 11.4 Å². The predicted octanol–water partition coefficient (Wildman–Crippen LogP) is 8.10. The van der Waals surface area contributed by atoms with Crippen LogP contribution in [0.2, 0.25) is 0 Å². The largest absolute Gasteiger partial charge is 0.372 e. The van der Waals surface area contributed by atoms with Gasteiger partial charge in [-0.3, -0.25) is 0 Å². The van der Waals surface area contributed by atoms with Gasteiger partial charge in [-0.1, -0.05) is 44.7 Å². The number of hydrogen-bond donors (Lipinski definition) is 0. The lowest BCUT2D eigenvalue weighted by molar-refractivity contribution is 0.594. The first kappa shape index (κ1) is 25.3. The van der Waals surface area contributed by atoms with Crippen molar-refractivity contribution in [3.05, 3.63) is 58.7 Å². The van der Waals surface area contributed by atoms with Gasteiger partial charge in [0, 0.05) is 43.5 Å². The third-order valence-corrected chi connectivity index (χ3v) is 6.86. The van der Waals surface area contributed by atoms with Crippen LogP contribution in [-0.2, 0) is 0 Å². The number of anilines is 2. The molecule has 0 aliphatic carbocycles. The zero-order valence-electron chi connectivity index (χ0n) is 21.3. The summed E-state index contributed by atoms with van der Waals surface area (Å²) in [6.07, 6.45) is 6.50. The first-order chi connectivity index (χ1) is 15.0. The van der Waals surface area contributed by atoms with E-state index >= 15 is 0 Å². The lowest BCUT2D eigenvalue weighted by atomic mass is 9.82. The zero-order chi connectivity index (χ0) is 22.8. The molecule has 0 saturated carbocycles. The Bertz CT molecular complexity index is 726. The molecular formula is C29H46N2. The summed E-state index contributed by atoms with van der Waals surface area (Å²) in [6.45, 7) is 20.1. The van der Waals surface area contributed by atoms with Crippen molar-refractivity contribution in [3.63, 3.8) is 0 Å². The fourth-order valence-corrected chi connectivity index (χ4v) is 4.93. The second kappa shape index (κ2) is 12.8. The van der Waals surface area contributed by atoms with Crippen LogP contribution in [0.4, 0.5) is 11.4 Å². The topological polar surface area (TPSA) is 6.48 Å². The molecule has 172 valence electrons. The van der Waals surface area contributed by atoms with Crippen LogP contribution >= 0.6 is 0 Å². The van der Waals surface area contributed by atoms with Crippen molar-refractivity contribution in [2.45, 2.75) is 86.5 Å². The average Bonchev–Trinajstić information content (AvgIpc) is 2.77. The van der Waals surface area contributed by atoms with E-state index in [0.29, 0.717) is 5.92 Å². The molecule has 2 nitrogen and oxygen atoms in total. The smallest absolute Gasteiger partial charge is 0.0368 e. The van der Waals surface area contributed by atoms with Gasteiger partial charge in [-0.2, -0.15) is 0 Å². The Labute approximate surface area is 192 Å². The monoisotopic (exact) mass is 422 g/mol. The Hall–Kier alpha value is -1.96. The zero-order valence-corrected chi connectivity index (χ0v) is 21.3. The van der Waals surface area contributed by atoms with Crippen molar-refractivity contribution in [2.24, 2.45) is 0 Å². The predicted molar refractivity (Wildman–Crippen MR) is 140 cm³/mol. The highest BCUT2D eigenvalue weighted by Gasteiger charge is 2.19. The van der Waals surface area contributed by atoms with Gasteiger partial charge in [0.2, 0.25) is 0 Å². The van der Waals surface area contributed by atoms with E-state index in [1.54, 1.807) is 0 Å². The number of benzene rings is 2. The van der Waals surface area contributed by atoms with Gasteiger partial charge >= 0.3 is 0 Å². The highest BCUT2D eigenvalue weighted by molar-refractivity contribution is 5.56. The SMILES string of the molecule is CCCCCCC(c1ccc(N(CC)CC)cc1C)c1ccc(N(CC)CC)cc1C. The maximum atomic E-state index is 2.44. The second-order valence-electron chi connectivity index (χ2n) is 8.83. The van der Waals surface area contributed by atoms with Crippen LogP contribution in [0.1, 0.15) is 94.9 Å². The van der Waals surface area contributed by atoms with Crippen LogP contribution in [0.15, 0.2) is 36.4 Å². The molecule has 0 atom stereocenters. The Morgan fingerprint density at radius 1 is 0.613 bits per heavy atom. The van der Waals surface area contributed by atoms with E-state index in [-0.39, 0.29) is 0 Å². The molecule has 0 amide bonds. The van der Waals surface area contributed by atoms with Crippen molar-refractivity contribution in [3.8, 4) is 0 Å². The van der Waals surface area contributed by atoms with Crippen LogP contribution < -0.4 is 9.80 Å². The standard InChI is InChI=1S/C29H46N2/c1-8-13-14-15-16-29(27-19-17-25(21-23(27)6)30(9-2)10-3)28-20-18-26(22-24(28)7)31(11-4)12-5/h17-22,29H,8-16H2,1-7H3. The fraction of sp³-hybridized carbons (Fsp3) is 0.586. The van der Waals surface area contributed by atoms with Crippen molar-refractivity contribution in [2.75, 3.05) is 36.0 Å². The minimum atomic E-state index is 0.480. The molecule has 0 saturated heterocycles. The summed E-state index contributed by atoms with van der Waals surface area (Å²) >= 11 is 0. The molecule has 2 aromatic carbocycles. The van der Waals surface area contributed by atoms with E-state index in [9.17, 15) is 0 Å². The summed E-state index contributed by atoms with van der Waals surface area (Å²) in [5.74, 6) is 0.480. The molecule has 0 spiro atoms. The van der Waals surface area contributed by atoms with Crippen LogP contribution in [-0.4, -0.2) is 26.2 Å². The molecule has 2 aromatic rings. The molecule has 0 aliphatic heterocycles. The molecule has 2 rings (SSSR count). The highest BCUT2D eigenvalue weighted by Crippen LogP contribution is 2.36. The number of hydrogen-bond acceptors (Lipinski definition) is 2. The summed E-state index contributed by atoms with van der Waals surface area (Å²) in [6, 6.07) is 14.3. The molecule has 0 heterocycles. The lowest BCUT2D eigenvalue weighted by Gasteiger charge is -2.27. The van der Waals surface area contributed by atoms with Gasteiger partial charge in [0.15, 0.2) is 0 Å². The van der Waals surface area contributed by atoms with Gasteiger partial charge in [-0.25, -0.2) is 0 Å². The van der Waals surface area contributed by atoms with Gasteiger partial charge in [0.05, 0.1) is 0 Å². The van der Waals surface area contributed by atoms with Crippen molar-refractivity contribution in [1.82, 2.24) is 0 Å². The average molecular weight is 423 g/mol. The first-order valence-electron chi connectivity index (χ1n) is 12.7. The summed E-state index contributed by atoms with van der Waals surface area (Å²) in [5.41, 5.74) is 8.57. The van der Waals surface area contributed by atoms with Crippen LogP contribution in [0.25, 0.3) is 0 Å². The molecule has 0 aliphatic rings. The summed E-state index contributed by atoms with van der Waals surface area (Å²) in [4.78, 5) is 4.88. The highest BCUT2D eigenvalue weighted by atomic mass is 15.1. The second-order valence-corrected chi connectivity index (χ2v) is 8.83. The maximum absolute atomic E-state index is 2.44. The molecule has 0 unspecified atom stereocenters. The third kappa shape index (κ3) is 6.51. The van der Waals surface area contributed by atoms with Gasteiger partial charge in [0.1, 0.15) is 0 Å². The minimum absolute atomic E-state index is 0.480. The van der Waals surface area contributed by atoms with Crippen LogP contribution in [0.3, 0.4) is 0 Å².